The topological polar surface area (TPSA) is 27.4 Å². The maximum Gasteiger partial charge on any atom is 0.222 e. The van der Waals surface area contributed by atoms with Gasteiger partial charge in [-0.1, -0.05) is 54.5 Å². The number of fused-ring (bicyclic) bond motifs is 1. The summed E-state index contributed by atoms with van der Waals surface area (Å²) >= 11 is 0. The Morgan fingerprint density at radius 1 is 1.00 bits per heavy atom. The smallest absolute Gasteiger partial charge is 0.222 e. The summed E-state index contributed by atoms with van der Waals surface area (Å²) < 4.78 is 1.10. The summed E-state index contributed by atoms with van der Waals surface area (Å²) in [6.07, 6.45) is 13.6. The third kappa shape index (κ3) is 4.41. The second-order valence-electron chi connectivity index (χ2n) is 8.37. The second kappa shape index (κ2) is 9.44. The average Bonchev–Trinajstić information content (AvgIpc) is 2.93. The SMILES string of the molecule is C/C=C\C1=C(CC)CCc2ccccc2C1=C1CCN(Cc2cc[n+](O)cc2)CC1. The van der Waals surface area contributed by atoms with Crippen molar-refractivity contribution in [3.05, 3.63) is 94.4 Å². The summed E-state index contributed by atoms with van der Waals surface area (Å²) in [5.41, 5.74) is 10.4. The van der Waals surface area contributed by atoms with E-state index in [1.165, 1.54) is 27.8 Å². The molecule has 0 bridgehead atoms. The highest BCUT2D eigenvalue weighted by molar-refractivity contribution is 5.87. The molecule has 0 unspecified atom stereocenters. The van der Waals surface area contributed by atoms with Crippen molar-refractivity contribution in [1.29, 1.82) is 0 Å². The van der Waals surface area contributed by atoms with E-state index in [1.54, 1.807) is 23.5 Å². The molecule has 1 aromatic carbocycles. The molecule has 156 valence electrons. The molecule has 1 aliphatic heterocycles. The highest BCUT2D eigenvalue weighted by Crippen LogP contribution is 2.40. The number of aromatic nitrogens is 1. The number of nitrogens with zero attached hydrogens (tertiary/aromatic N) is 2. The summed E-state index contributed by atoms with van der Waals surface area (Å²) in [7, 11) is 0. The number of rotatable bonds is 4. The summed E-state index contributed by atoms with van der Waals surface area (Å²) in [5.74, 6) is 0. The molecule has 0 radical (unpaired) electrons. The Kier molecular flexibility index (Phi) is 6.49. The lowest BCUT2D eigenvalue weighted by Gasteiger charge is -2.30. The zero-order chi connectivity index (χ0) is 20.9. The fraction of sp³-hybridized carbons (Fsp3) is 0.370. The standard InChI is InChI=1S/C27H33N2O/c1-3-7-25-22(4-2)10-11-23-8-5-6-9-26(23)27(25)24-14-16-28(17-15-24)20-21-12-18-29(30)19-13-21/h3,5-9,12-13,18-19,30H,4,10-11,14-17,20H2,1-2H3/q+1/b7-3-. The van der Waals surface area contributed by atoms with Gasteiger partial charge in [0, 0.05) is 36.5 Å². The Bertz CT molecular complexity index is 972. The summed E-state index contributed by atoms with van der Waals surface area (Å²) in [4.78, 5) is 2.53. The average molecular weight is 402 g/mol. The normalized spacial score (nSPS) is 18.1. The molecule has 1 fully saturated rings. The van der Waals surface area contributed by atoms with Gasteiger partial charge in [0.1, 0.15) is 0 Å². The number of hydrogen-bond donors (Lipinski definition) is 1. The maximum absolute atomic E-state index is 9.44. The molecule has 1 aromatic heterocycles. The van der Waals surface area contributed by atoms with Gasteiger partial charge < -0.3 is 0 Å². The quantitative estimate of drug-likeness (QED) is 0.542. The van der Waals surface area contributed by atoms with Gasteiger partial charge in [0.2, 0.25) is 12.4 Å². The molecule has 2 aliphatic rings. The molecule has 2 heterocycles. The number of likely N-dealkylation sites (tertiary alicyclic amines) is 1. The first-order valence-corrected chi connectivity index (χ1v) is 11.3. The molecular formula is C27H33N2O+. The third-order valence-electron chi connectivity index (χ3n) is 6.50. The fourth-order valence-corrected chi connectivity index (χ4v) is 4.88. The molecule has 2 aromatic rings. The number of piperidine rings is 1. The first-order chi connectivity index (χ1) is 14.7. The van der Waals surface area contributed by atoms with Crippen molar-refractivity contribution >= 4 is 5.57 Å². The molecule has 30 heavy (non-hydrogen) atoms. The summed E-state index contributed by atoms with van der Waals surface area (Å²) in [6.45, 7) is 7.55. The lowest BCUT2D eigenvalue weighted by molar-refractivity contribution is -0.904. The molecule has 1 aliphatic carbocycles. The molecule has 1 saturated heterocycles. The first kappa shape index (κ1) is 20.6. The number of benzene rings is 1. The van der Waals surface area contributed by atoms with E-state index < -0.39 is 0 Å². The van der Waals surface area contributed by atoms with Gasteiger partial charge in [0.15, 0.2) is 0 Å². The lowest BCUT2D eigenvalue weighted by atomic mass is 9.85. The number of allylic oxidation sites excluding steroid dienone is 5. The van der Waals surface area contributed by atoms with Gasteiger partial charge in [-0.25, -0.2) is 0 Å². The van der Waals surface area contributed by atoms with Crippen LogP contribution in [0.4, 0.5) is 0 Å². The molecule has 4 rings (SSSR count). The van der Waals surface area contributed by atoms with Crippen molar-refractivity contribution in [2.45, 2.75) is 52.5 Å². The number of aryl methyl sites for hydroxylation is 1. The van der Waals surface area contributed by atoms with Crippen LogP contribution in [-0.2, 0) is 13.0 Å². The Morgan fingerprint density at radius 3 is 2.43 bits per heavy atom. The Hall–Kier alpha value is -2.65. The van der Waals surface area contributed by atoms with Crippen LogP contribution in [0.3, 0.4) is 0 Å². The number of hydrogen-bond acceptors (Lipinski definition) is 2. The Morgan fingerprint density at radius 2 is 1.73 bits per heavy atom. The van der Waals surface area contributed by atoms with Gasteiger partial charge in [-0.05, 0) is 66.9 Å². The lowest BCUT2D eigenvalue weighted by Crippen LogP contribution is -2.32. The highest BCUT2D eigenvalue weighted by atomic mass is 16.5. The molecule has 3 heteroatoms. The number of pyridine rings is 1. The van der Waals surface area contributed by atoms with Crippen LogP contribution in [0.25, 0.3) is 5.57 Å². The van der Waals surface area contributed by atoms with E-state index >= 15 is 0 Å². The van der Waals surface area contributed by atoms with Crippen molar-refractivity contribution in [2.24, 2.45) is 0 Å². The van der Waals surface area contributed by atoms with Crippen LogP contribution in [0.5, 0.6) is 0 Å². The molecule has 0 spiro atoms. The van der Waals surface area contributed by atoms with Crippen LogP contribution in [0.15, 0.2) is 77.7 Å². The third-order valence-corrected chi connectivity index (χ3v) is 6.50. The van der Waals surface area contributed by atoms with Gasteiger partial charge in [-0.3, -0.25) is 10.1 Å². The van der Waals surface area contributed by atoms with Crippen LogP contribution in [0.2, 0.25) is 0 Å². The van der Waals surface area contributed by atoms with E-state index in [9.17, 15) is 5.21 Å². The van der Waals surface area contributed by atoms with Gasteiger partial charge >= 0.3 is 0 Å². The van der Waals surface area contributed by atoms with Crippen LogP contribution >= 0.6 is 0 Å². The van der Waals surface area contributed by atoms with Crippen molar-refractivity contribution < 1.29 is 9.94 Å². The van der Waals surface area contributed by atoms with Gasteiger partial charge in [0.25, 0.3) is 0 Å². The highest BCUT2D eigenvalue weighted by Gasteiger charge is 2.24. The van der Waals surface area contributed by atoms with Crippen molar-refractivity contribution in [3.8, 4) is 0 Å². The van der Waals surface area contributed by atoms with E-state index in [-0.39, 0.29) is 0 Å². The van der Waals surface area contributed by atoms with E-state index in [4.69, 9.17) is 0 Å². The molecular weight excluding hydrogens is 368 g/mol. The zero-order valence-corrected chi connectivity index (χ0v) is 18.3. The molecule has 0 atom stereocenters. The van der Waals surface area contributed by atoms with Crippen LogP contribution in [-0.4, -0.2) is 23.2 Å². The van der Waals surface area contributed by atoms with Gasteiger partial charge in [-0.15, -0.1) is 0 Å². The first-order valence-electron chi connectivity index (χ1n) is 11.3. The Balaban J connectivity index is 1.64. The molecule has 3 nitrogen and oxygen atoms in total. The van der Waals surface area contributed by atoms with Crippen LogP contribution < -0.4 is 4.73 Å². The molecule has 1 N–H and O–H groups in total. The predicted molar refractivity (Wildman–Crippen MR) is 122 cm³/mol. The zero-order valence-electron chi connectivity index (χ0n) is 18.3. The largest absolute Gasteiger partial charge is 0.298 e. The monoisotopic (exact) mass is 401 g/mol. The van der Waals surface area contributed by atoms with Crippen LogP contribution in [0, 0.1) is 0 Å². The minimum absolute atomic E-state index is 0.942. The molecule has 0 amide bonds. The summed E-state index contributed by atoms with van der Waals surface area (Å²) in [5, 5.41) is 9.44. The van der Waals surface area contributed by atoms with Gasteiger partial charge in [0.05, 0.1) is 0 Å². The van der Waals surface area contributed by atoms with Crippen molar-refractivity contribution in [3.63, 3.8) is 0 Å². The van der Waals surface area contributed by atoms with E-state index in [0.717, 1.165) is 56.5 Å². The van der Waals surface area contributed by atoms with E-state index in [1.807, 2.05) is 12.1 Å². The minimum Gasteiger partial charge on any atom is -0.298 e. The predicted octanol–water partition coefficient (Wildman–Crippen LogP) is 5.49. The van der Waals surface area contributed by atoms with E-state index in [0.29, 0.717) is 0 Å². The minimum atomic E-state index is 0.942. The maximum atomic E-state index is 9.44. The van der Waals surface area contributed by atoms with Gasteiger partial charge in [-0.2, -0.15) is 0 Å². The Labute approximate surface area is 180 Å². The second-order valence-corrected chi connectivity index (χ2v) is 8.37. The van der Waals surface area contributed by atoms with E-state index in [2.05, 4.69) is 55.2 Å². The van der Waals surface area contributed by atoms with Crippen LogP contribution in [0.1, 0.15) is 56.2 Å². The fourth-order valence-electron chi connectivity index (χ4n) is 4.88. The van der Waals surface area contributed by atoms with Crippen molar-refractivity contribution in [2.75, 3.05) is 13.1 Å². The molecule has 0 saturated carbocycles. The summed E-state index contributed by atoms with van der Waals surface area (Å²) in [6, 6.07) is 13.0. The van der Waals surface area contributed by atoms with Crippen molar-refractivity contribution in [1.82, 2.24) is 4.90 Å².